The van der Waals surface area contributed by atoms with E-state index in [1.165, 1.54) is 24.8 Å². The van der Waals surface area contributed by atoms with E-state index in [-0.39, 0.29) is 11.8 Å². The summed E-state index contributed by atoms with van der Waals surface area (Å²) < 4.78 is 0. The van der Waals surface area contributed by atoms with Gasteiger partial charge >= 0.3 is 0 Å². The number of carbonyl (C=O) groups excluding carboxylic acids is 1. The van der Waals surface area contributed by atoms with Gasteiger partial charge in [-0.15, -0.1) is 0 Å². The van der Waals surface area contributed by atoms with Crippen molar-refractivity contribution in [2.75, 3.05) is 13.6 Å². The van der Waals surface area contributed by atoms with Gasteiger partial charge in [-0.1, -0.05) is 50.1 Å². The Kier molecular flexibility index (Phi) is 5.80. The summed E-state index contributed by atoms with van der Waals surface area (Å²) in [5.41, 5.74) is 7.06. The predicted molar refractivity (Wildman–Crippen MR) is 86.9 cm³/mol. The summed E-state index contributed by atoms with van der Waals surface area (Å²) in [5, 5.41) is 0. The van der Waals surface area contributed by atoms with Crippen LogP contribution in [0.1, 0.15) is 38.2 Å². The van der Waals surface area contributed by atoms with Crippen LogP contribution in [-0.2, 0) is 11.2 Å². The van der Waals surface area contributed by atoms with E-state index in [2.05, 4.69) is 19.1 Å². The normalized spacial score (nSPS) is 23.6. The molecule has 1 aliphatic rings. The van der Waals surface area contributed by atoms with Crippen molar-refractivity contribution in [2.45, 2.75) is 45.1 Å². The lowest BCUT2D eigenvalue weighted by Gasteiger charge is -2.37. The lowest BCUT2D eigenvalue weighted by Crippen LogP contribution is -2.47. The average molecular weight is 288 g/mol. The second kappa shape index (κ2) is 7.60. The van der Waals surface area contributed by atoms with Gasteiger partial charge in [0.25, 0.3) is 0 Å². The van der Waals surface area contributed by atoms with Crippen molar-refractivity contribution in [3.63, 3.8) is 0 Å². The molecule has 3 unspecified atom stereocenters. The molecule has 0 aromatic heterocycles. The van der Waals surface area contributed by atoms with Gasteiger partial charge in [0.1, 0.15) is 0 Å². The molecule has 2 N–H and O–H groups in total. The lowest BCUT2D eigenvalue weighted by atomic mass is 9.84. The summed E-state index contributed by atoms with van der Waals surface area (Å²) in [6, 6.07) is 10.5. The van der Waals surface area contributed by atoms with E-state index in [1.807, 2.05) is 30.1 Å². The topological polar surface area (TPSA) is 46.3 Å². The van der Waals surface area contributed by atoms with Crippen molar-refractivity contribution in [1.29, 1.82) is 0 Å². The third kappa shape index (κ3) is 4.07. The van der Waals surface area contributed by atoms with Crippen molar-refractivity contribution in [3.05, 3.63) is 35.9 Å². The second-order valence-electron chi connectivity index (χ2n) is 6.40. The average Bonchev–Trinajstić information content (AvgIpc) is 2.53. The molecule has 1 fully saturated rings. The van der Waals surface area contributed by atoms with E-state index >= 15 is 0 Å². The molecule has 1 aromatic carbocycles. The van der Waals surface area contributed by atoms with Crippen LogP contribution in [0, 0.1) is 11.8 Å². The standard InChI is InChI=1S/C18H28N2O/c1-14-8-6-7-11-17(14)20(2)18(21)16(13-19)12-15-9-4-3-5-10-15/h3-5,9-10,14,16-17H,6-8,11-13,19H2,1-2H3. The van der Waals surface area contributed by atoms with Gasteiger partial charge < -0.3 is 10.6 Å². The SMILES string of the molecule is CC1CCCCC1N(C)C(=O)C(CN)Cc1ccccc1. The first-order chi connectivity index (χ1) is 10.1. The van der Waals surface area contributed by atoms with E-state index in [0.717, 1.165) is 12.8 Å². The van der Waals surface area contributed by atoms with Gasteiger partial charge in [-0.3, -0.25) is 4.79 Å². The van der Waals surface area contributed by atoms with Gasteiger partial charge in [-0.05, 0) is 30.7 Å². The Morgan fingerprint density at radius 3 is 2.57 bits per heavy atom. The Bertz CT molecular complexity index is 446. The Labute approximate surface area is 128 Å². The Morgan fingerprint density at radius 1 is 1.29 bits per heavy atom. The highest BCUT2D eigenvalue weighted by Gasteiger charge is 2.30. The van der Waals surface area contributed by atoms with Gasteiger partial charge in [-0.25, -0.2) is 0 Å². The molecule has 3 nitrogen and oxygen atoms in total. The molecular weight excluding hydrogens is 260 g/mol. The molecule has 2 rings (SSSR count). The summed E-state index contributed by atoms with van der Waals surface area (Å²) in [5.74, 6) is 0.703. The molecule has 3 atom stereocenters. The monoisotopic (exact) mass is 288 g/mol. The minimum Gasteiger partial charge on any atom is -0.342 e. The zero-order chi connectivity index (χ0) is 15.2. The molecule has 1 saturated carbocycles. The largest absolute Gasteiger partial charge is 0.342 e. The van der Waals surface area contributed by atoms with Crippen molar-refractivity contribution >= 4 is 5.91 Å². The molecule has 1 amide bonds. The van der Waals surface area contributed by atoms with Gasteiger partial charge in [0, 0.05) is 19.6 Å². The van der Waals surface area contributed by atoms with Crippen molar-refractivity contribution in [3.8, 4) is 0 Å². The zero-order valence-corrected chi connectivity index (χ0v) is 13.3. The first-order valence-electron chi connectivity index (χ1n) is 8.14. The Morgan fingerprint density at radius 2 is 1.95 bits per heavy atom. The van der Waals surface area contributed by atoms with Crippen LogP contribution in [0.4, 0.5) is 0 Å². The highest BCUT2D eigenvalue weighted by Crippen LogP contribution is 2.28. The maximum Gasteiger partial charge on any atom is 0.227 e. The number of nitrogens with zero attached hydrogens (tertiary/aromatic N) is 1. The zero-order valence-electron chi connectivity index (χ0n) is 13.3. The number of carbonyl (C=O) groups is 1. The van der Waals surface area contributed by atoms with Crippen LogP contribution in [0.2, 0.25) is 0 Å². The number of hydrogen-bond donors (Lipinski definition) is 1. The summed E-state index contributed by atoms with van der Waals surface area (Å²) in [4.78, 5) is 14.7. The van der Waals surface area contributed by atoms with Crippen LogP contribution >= 0.6 is 0 Å². The fourth-order valence-corrected chi connectivity index (χ4v) is 3.49. The number of hydrogen-bond acceptors (Lipinski definition) is 2. The maximum atomic E-state index is 12.8. The Hall–Kier alpha value is -1.35. The van der Waals surface area contributed by atoms with Gasteiger partial charge in [0.05, 0.1) is 5.92 Å². The number of benzene rings is 1. The van der Waals surface area contributed by atoms with E-state index < -0.39 is 0 Å². The number of nitrogens with two attached hydrogens (primary N) is 1. The highest BCUT2D eigenvalue weighted by molar-refractivity contribution is 5.79. The minimum atomic E-state index is -0.105. The summed E-state index contributed by atoms with van der Waals surface area (Å²) in [6.45, 7) is 2.68. The lowest BCUT2D eigenvalue weighted by molar-refractivity contribution is -0.137. The fraction of sp³-hybridized carbons (Fsp3) is 0.611. The fourth-order valence-electron chi connectivity index (χ4n) is 3.49. The highest BCUT2D eigenvalue weighted by atomic mass is 16.2. The van der Waals surface area contributed by atoms with E-state index in [0.29, 0.717) is 18.5 Å². The van der Waals surface area contributed by atoms with Crippen LogP contribution in [-0.4, -0.2) is 30.4 Å². The van der Waals surface area contributed by atoms with Crippen molar-refractivity contribution < 1.29 is 4.79 Å². The molecule has 0 aliphatic heterocycles. The molecule has 116 valence electrons. The molecule has 0 bridgehead atoms. The summed E-state index contributed by atoms with van der Waals surface area (Å²) in [7, 11) is 1.96. The van der Waals surface area contributed by atoms with Crippen molar-refractivity contribution in [1.82, 2.24) is 4.90 Å². The first-order valence-corrected chi connectivity index (χ1v) is 8.14. The van der Waals surface area contributed by atoms with E-state index in [4.69, 9.17) is 5.73 Å². The van der Waals surface area contributed by atoms with Gasteiger partial charge in [0.2, 0.25) is 5.91 Å². The molecule has 0 heterocycles. The molecule has 21 heavy (non-hydrogen) atoms. The van der Waals surface area contributed by atoms with Crippen LogP contribution in [0.3, 0.4) is 0 Å². The smallest absolute Gasteiger partial charge is 0.227 e. The molecule has 3 heteroatoms. The molecule has 1 aromatic rings. The van der Waals surface area contributed by atoms with Crippen LogP contribution < -0.4 is 5.73 Å². The van der Waals surface area contributed by atoms with Crippen molar-refractivity contribution in [2.24, 2.45) is 17.6 Å². The van der Waals surface area contributed by atoms with Crippen LogP contribution in [0.5, 0.6) is 0 Å². The van der Waals surface area contributed by atoms with Crippen LogP contribution in [0.25, 0.3) is 0 Å². The van der Waals surface area contributed by atoms with E-state index in [1.54, 1.807) is 0 Å². The molecule has 0 saturated heterocycles. The molecule has 0 radical (unpaired) electrons. The van der Waals surface area contributed by atoms with Crippen LogP contribution in [0.15, 0.2) is 30.3 Å². The number of rotatable bonds is 5. The maximum absolute atomic E-state index is 12.8. The molecule has 1 aliphatic carbocycles. The minimum absolute atomic E-state index is 0.105. The first kappa shape index (κ1) is 16.0. The summed E-state index contributed by atoms with van der Waals surface area (Å²) in [6.07, 6.45) is 5.63. The van der Waals surface area contributed by atoms with Gasteiger partial charge in [0.15, 0.2) is 0 Å². The van der Waals surface area contributed by atoms with E-state index in [9.17, 15) is 4.79 Å². The van der Waals surface area contributed by atoms with Gasteiger partial charge in [-0.2, -0.15) is 0 Å². The molecular formula is C18H28N2O. The second-order valence-corrected chi connectivity index (χ2v) is 6.40. The summed E-state index contributed by atoms with van der Waals surface area (Å²) >= 11 is 0. The number of amides is 1. The molecule has 0 spiro atoms. The Balaban J connectivity index is 2.01. The third-order valence-corrected chi connectivity index (χ3v) is 4.87. The predicted octanol–water partition coefficient (Wildman–Crippen LogP) is 2.84. The third-order valence-electron chi connectivity index (χ3n) is 4.87. The quantitative estimate of drug-likeness (QED) is 0.905.